The van der Waals surface area contributed by atoms with Gasteiger partial charge in [-0.05, 0) is 37.8 Å². The van der Waals surface area contributed by atoms with Crippen LogP contribution in [-0.4, -0.2) is 53.3 Å². The quantitative estimate of drug-likeness (QED) is 0.465. The minimum atomic E-state index is -0.949. The van der Waals surface area contributed by atoms with Gasteiger partial charge in [-0.15, -0.1) is 11.8 Å². The van der Waals surface area contributed by atoms with E-state index in [0.717, 1.165) is 49.8 Å². The topological polar surface area (TPSA) is 98.7 Å². The number of aliphatic hydroxyl groups excluding tert-OH is 1. The van der Waals surface area contributed by atoms with E-state index < -0.39 is 5.25 Å². The number of nitrogens with zero attached hydrogens (tertiary/aromatic N) is 1. The third-order valence-corrected chi connectivity index (χ3v) is 7.38. The highest BCUT2D eigenvalue weighted by atomic mass is 32.2. The van der Waals surface area contributed by atoms with E-state index in [1.807, 2.05) is 24.3 Å². The van der Waals surface area contributed by atoms with Crippen LogP contribution >= 0.6 is 11.8 Å². The molecule has 3 amide bonds. The zero-order chi connectivity index (χ0) is 22.9. The van der Waals surface area contributed by atoms with Gasteiger partial charge in [0.2, 0.25) is 11.8 Å². The second-order valence-electron chi connectivity index (χ2n) is 8.65. The number of unbranched alkanes of at least 4 members (excludes halogenated alkanes) is 1. The van der Waals surface area contributed by atoms with Gasteiger partial charge in [-0.25, -0.2) is 0 Å². The summed E-state index contributed by atoms with van der Waals surface area (Å²) in [6, 6.07) is 7.39. The minimum absolute atomic E-state index is 0.0171. The number of aliphatic hydroxyl groups is 1. The van der Waals surface area contributed by atoms with Crippen molar-refractivity contribution < 1.29 is 19.5 Å². The number of rotatable bonds is 10. The summed E-state index contributed by atoms with van der Waals surface area (Å²) in [7, 11) is 0. The SMILES string of the molecule is CCCCC(CCO)NC(=O)C1Sc2ccccc2N(CC(=O)NC2CCCCC2)C1=O. The minimum Gasteiger partial charge on any atom is -0.396 e. The molecule has 0 aromatic heterocycles. The molecular weight excluding hydrogens is 426 g/mol. The van der Waals surface area contributed by atoms with E-state index >= 15 is 0 Å². The molecule has 0 saturated heterocycles. The lowest BCUT2D eigenvalue weighted by Crippen LogP contribution is -2.53. The first kappa shape index (κ1) is 24.6. The summed E-state index contributed by atoms with van der Waals surface area (Å²) in [5, 5.41) is 14.4. The molecule has 3 N–H and O–H groups in total. The van der Waals surface area contributed by atoms with Crippen molar-refractivity contribution in [3.8, 4) is 0 Å². The van der Waals surface area contributed by atoms with E-state index in [-0.39, 0.29) is 43.0 Å². The van der Waals surface area contributed by atoms with Gasteiger partial charge in [-0.2, -0.15) is 0 Å². The molecule has 0 bridgehead atoms. The van der Waals surface area contributed by atoms with E-state index in [2.05, 4.69) is 17.6 Å². The lowest BCUT2D eigenvalue weighted by molar-refractivity contribution is -0.129. The highest BCUT2D eigenvalue weighted by molar-refractivity contribution is 8.01. The molecule has 7 nitrogen and oxygen atoms in total. The first-order chi connectivity index (χ1) is 15.5. The van der Waals surface area contributed by atoms with Gasteiger partial charge in [0, 0.05) is 23.6 Å². The maximum atomic E-state index is 13.3. The molecule has 0 spiro atoms. The zero-order valence-electron chi connectivity index (χ0n) is 18.8. The highest BCUT2D eigenvalue weighted by Crippen LogP contribution is 2.39. The van der Waals surface area contributed by atoms with Crippen LogP contribution in [0.2, 0.25) is 0 Å². The Morgan fingerprint density at radius 3 is 2.66 bits per heavy atom. The molecule has 1 saturated carbocycles. The molecule has 1 aromatic carbocycles. The van der Waals surface area contributed by atoms with Crippen molar-refractivity contribution in [2.75, 3.05) is 18.1 Å². The number of hydrogen-bond donors (Lipinski definition) is 3. The monoisotopic (exact) mass is 461 g/mol. The third-order valence-electron chi connectivity index (χ3n) is 6.13. The summed E-state index contributed by atoms with van der Waals surface area (Å²) in [5.41, 5.74) is 0.670. The van der Waals surface area contributed by atoms with E-state index in [1.54, 1.807) is 0 Å². The van der Waals surface area contributed by atoms with Crippen molar-refractivity contribution in [2.45, 2.75) is 86.9 Å². The molecular formula is C24H35N3O4S. The molecule has 8 heteroatoms. The van der Waals surface area contributed by atoms with Crippen LogP contribution in [0.1, 0.15) is 64.7 Å². The number of carbonyl (C=O) groups excluding carboxylic acids is 3. The number of amides is 3. The van der Waals surface area contributed by atoms with Gasteiger partial charge in [0.15, 0.2) is 5.25 Å². The van der Waals surface area contributed by atoms with Crippen molar-refractivity contribution in [1.29, 1.82) is 0 Å². The largest absolute Gasteiger partial charge is 0.396 e. The fourth-order valence-electron chi connectivity index (χ4n) is 4.38. The highest BCUT2D eigenvalue weighted by Gasteiger charge is 2.39. The van der Waals surface area contributed by atoms with E-state index in [9.17, 15) is 19.5 Å². The summed E-state index contributed by atoms with van der Waals surface area (Å²) in [4.78, 5) is 41.4. The average Bonchev–Trinajstić information content (AvgIpc) is 2.79. The Labute approximate surface area is 194 Å². The maximum absolute atomic E-state index is 13.3. The van der Waals surface area contributed by atoms with Crippen LogP contribution in [0, 0.1) is 0 Å². The van der Waals surface area contributed by atoms with Gasteiger partial charge in [0.05, 0.1) is 5.69 Å². The number of thioether (sulfide) groups is 1. The Bertz CT molecular complexity index is 797. The fourth-order valence-corrected chi connectivity index (χ4v) is 5.50. The van der Waals surface area contributed by atoms with Gasteiger partial charge in [-0.1, -0.05) is 51.2 Å². The number of fused-ring (bicyclic) bond motifs is 1. The van der Waals surface area contributed by atoms with Gasteiger partial charge < -0.3 is 20.6 Å². The molecule has 0 radical (unpaired) electrons. The number of para-hydroxylation sites is 1. The Morgan fingerprint density at radius 1 is 1.19 bits per heavy atom. The number of benzene rings is 1. The molecule has 3 rings (SSSR count). The van der Waals surface area contributed by atoms with Crippen molar-refractivity contribution >= 4 is 35.2 Å². The van der Waals surface area contributed by atoms with Gasteiger partial charge in [0.1, 0.15) is 6.54 Å². The number of nitrogens with one attached hydrogen (secondary N) is 2. The Kier molecular flexibility index (Phi) is 9.41. The number of anilines is 1. The second-order valence-corrected chi connectivity index (χ2v) is 9.80. The van der Waals surface area contributed by atoms with Crippen LogP contribution in [0.25, 0.3) is 0 Å². The van der Waals surface area contributed by atoms with E-state index in [1.165, 1.54) is 23.1 Å². The lowest BCUT2D eigenvalue weighted by atomic mass is 9.95. The molecule has 1 fully saturated rings. The molecule has 1 heterocycles. The summed E-state index contributed by atoms with van der Waals surface area (Å²) in [6.45, 7) is 1.97. The van der Waals surface area contributed by atoms with Crippen LogP contribution < -0.4 is 15.5 Å². The van der Waals surface area contributed by atoms with Gasteiger partial charge >= 0.3 is 0 Å². The van der Waals surface area contributed by atoms with Gasteiger partial charge in [-0.3, -0.25) is 14.4 Å². The molecule has 1 aromatic rings. The van der Waals surface area contributed by atoms with Crippen LogP contribution in [0.3, 0.4) is 0 Å². The Morgan fingerprint density at radius 2 is 1.94 bits per heavy atom. The standard InChI is InChI=1S/C24H35N3O4S/c1-2-3-9-18(14-15-28)26-23(30)22-24(31)27(19-12-7-8-13-20(19)32-22)16-21(29)25-17-10-5-4-6-11-17/h7-8,12-13,17-18,22,28H,2-6,9-11,14-16H2,1H3,(H,25,29)(H,26,30). The Hall–Kier alpha value is -2.06. The lowest BCUT2D eigenvalue weighted by Gasteiger charge is -2.34. The predicted molar refractivity (Wildman–Crippen MR) is 127 cm³/mol. The van der Waals surface area contributed by atoms with Crippen molar-refractivity contribution in [2.24, 2.45) is 0 Å². The zero-order valence-corrected chi connectivity index (χ0v) is 19.7. The number of carbonyl (C=O) groups is 3. The van der Waals surface area contributed by atoms with Crippen LogP contribution in [0.4, 0.5) is 5.69 Å². The maximum Gasteiger partial charge on any atom is 0.250 e. The summed E-state index contributed by atoms with van der Waals surface area (Å²) in [5.74, 6) is -0.919. The summed E-state index contributed by atoms with van der Waals surface area (Å²) in [6.07, 6.45) is 8.53. The van der Waals surface area contributed by atoms with Crippen molar-refractivity contribution in [3.63, 3.8) is 0 Å². The first-order valence-electron chi connectivity index (χ1n) is 11.8. The molecule has 2 unspecified atom stereocenters. The molecule has 1 aliphatic heterocycles. The van der Waals surface area contributed by atoms with Crippen molar-refractivity contribution in [1.82, 2.24) is 10.6 Å². The smallest absolute Gasteiger partial charge is 0.250 e. The molecule has 176 valence electrons. The molecule has 1 aliphatic carbocycles. The molecule has 32 heavy (non-hydrogen) atoms. The van der Waals surface area contributed by atoms with Crippen LogP contribution in [-0.2, 0) is 14.4 Å². The third kappa shape index (κ3) is 6.48. The van der Waals surface area contributed by atoms with Crippen LogP contribution in [0.15, 0.2) is 29.2 Å². The van der Waals surface area contributed by atoms with E-state index in [4.69, 9.17) is 0 Å². The summed E-state index contributed by atoms with van der Waals surface area (Å²) >= 11 is 1.23. The van der Waals surface area contributed by atoms with Crippen LogP contribution in [0.5, 0.6) is 0 Å². The number of hydrogen-bond acceptors (Lipinski definition) is 5. The fraction of sp³-hybridized carbons (Fsp3) is 0.625. The van der Waals surface area contributed by atoms with Gasteiger partial charge in [0.25, 0.3) is 5.91 Å². The Balaban J connectivity index is 1.71. The molecule has 2 aliphatic rings. The molecule has 2 atom stereocenters. The second kappa shape index (κ2) is 12.3. The summed E-state index contributed by atoms with van der Waals surface area (Å²) < 4.78 is 0. The normalized spacial score (nSPS) is 19.9. The predicted octanol–water partition coefficient (Wildman–Crippen LogP) is 3.00. The first-order valence-corrected chi connectivity index (χ1v) is 12.7. The van der Waals surface area contributed by atoms with E-state index in [0.29, 0.717) is 12.1 Å². The van der Waals surface area contributed by atoms with Crippen molar-refractivity contribution in [3.05, 3.63) is 24.3 Å². The average molecular weight is 462 g/mol.